The molecule has 8 nitrogen and oxygen atoms in total. The Kier molecular flexibility index (Phi) is 10.4. The van der Waals surface area contributed by atoms with E-state index in [1.54, 1.807) is 22.0 Å². The highest BCUT2D eigenvalue weighted by atomic mass is 16.6. The first-order valence-corrected chi connectivity index (χ1v) is 14.2. The first kappa shape index (κ1) is 29.4. The lowest BCUT2D eigenvalue weighted by Gasteiger charge is -2.37. The summed E-state index contributed by atoms with van der Waals surface area (Å²) in [5.74, 6) is -2.15. The molecular weight excluding hydrogens is 472 g/mol. The Labute approximate surface area is 222 Å². The van der Waals surface area contributed by atoms with Crippen LogP contribution in [0.3, 0.4) is 0 Å². The number of carbonyl (C=O) groups excluding carboxylic acids is 3. The molecule has 3 aliphatic rings. The number of amides is 2. The lowest BCUT2D eigenvalue weighted by Crippen LogP contribution is -2.56. The van der Waals surface area contributed by atoms with Gasteiger partial charge in [-0.15, -0.1) is 13.2 Å². The highest BCUT2D eigenvalue weighted by Crippen LogP contribution is 2.64. The Bertz CT molecular complexity index is 846. The second-order valence-electron chi connectivity index (χ2n) is 10.7. The van der Waals surface area contributed by atoms with Gasteiger partial charge in [-0.1, -0.05) is 32.4 Å². The quantitative estimate of drug-likeness (QED) is 0.179. The number of fused-ring (bicyclic) bond motifs is 1. The molecule has 3 fully saturated rings. The van der Waals surface area contributed by atoms with Crippen molar-refractivity contribution >= 4 is 17.8 Å². The van der Waals surface area contributed by atoms with Gasteiger partial charge in [0.25, 0.3) is 0 Å². The summed E-state index contributed by atoms with van der Waals surface area (Å²) in [6.07, 6.45) is 10.6. The topological polar surface area (TPSA) is 96.4 Å². The third-order valence-corrected chi connectivity index (χ3v) is 8.47. The van der Waals surface area contributed by atoms with Gasteiger partial charge >= 0.3 is 5.97 Å². The maximum Gasteiger partial charge on any atom is 0.312 e. The molecule has 208 valence electrons. The van der Waals surface area contributed by atoms with Crippen molar-refractivity contribution in [1.82, 2.24) is 9.80 Å². The van der Waals surface area contributed by atoms with Crippen molar-refractivity contribution in [2.75, 3.05) is 32.8 Å². The van der Waals surface area contributed by atoms with E-state index in [4.69, 9.17) is 9.47 Å². The van der Waals surface area contributed by atoms with E-state index >= 15 is 0 Å². The van der Waals surface area contributed by atoms with Gasteiger partial charge in [0.05, 0.1) is 18.1 Å². The summed E-state index contributed by atoms with van der Waals surface area (Å²) in [7, 11) is 0. The molecule has 3 saturated heterocycles. The van der Waals surface area contributed by atoms with Crippen molar-refractivity contribution in [3.05, 3.63) is 25.3 Å². The standard InChI is InChI=1S/C29H46N2O6/c1-5-9-14-21-36-27(35)23-22-25(33)31(19-12-11-13-20-32)24(26(34)30(17-7-3)18-10-6-2)29(22)16-15-28(23,8-4)37-29/h5,7,22-24,32H,1,3,6,8-21H2,2,4H3/t22-,23-,24?,28+,29?/m0/s1. The van der Waals surface area contributed by atoms with E-state index in [-0.39, 0.29) is 25.0 Å². The molecule has 3 heterocycles. The minimum atomic E-state index is -1.03. The first-order valence-electron chi connectivity index (χ1n) is 14.2. The average Bonchev–Trinajstić information content (AvgIpc) is 3.50. The molecule has 0 aromatic rings. The van der Waals surface area contributed by atoms with E-state index in [9.17, 15) is 19.5 Å². The SMILES string of the molecule is C=CCCCOC(=O)[C@@H]1[C@H]2C(=O)N(CCCCCO)C(C(=O)N(CC=C)CCCC)C23CC[C@@]1(CC)O3. The zero-order valence-electron chi connectivity index (χ0n) is 22.8. The number of ether oxygens (including phenoxy) is 2. The van der Waals surface area contributed by atoms with Gasteiger partial charge in [0.15, 0.2) is 0 Å². The van der Waals surface area contributed by atoms with Gasteiger partial charge in [0, 0.05) is 26.2 Å². The maximum absolute atomic E-state index is 14.2. The molecule has 5 atom stereocenters. The van der Waals surface area contributed by atoms with Crippen molar-refractivity contribution in [2.24, 2.45) is 11.8 Å². The predicted molar refractivity (Wildman–Crippen MR) is 142 cm³/mol. The molecule has 2 bridgehead atoms. The Morgan fingerprint density at radius 3 is 2.59 bits per heavy atom. The molecule has 0 aliphatic carbocycles. The molecule has 2 unspecified atom stereocenters. The van der Waals surface area contributed by atoms with E-state index in [2.05, 4.69) is 20.1 Å². The van der Waals surface area contributed by atoms with Crippen LogP contribution >= 0.6 is 0 Å². The number of unbranched alkanes of at least 4 members (excludes halogenated alkanes) is 4. The Balaban J connectivity index is 1.97. The van der Waals surface area contributed by atoms with Crippen LogP contribution in [0.15, 0.2) is 25.3 Å². The summed E-state index contributed by atoms with van der Waals surface area (Å²) < 4.78 is 12.5. The molecule has 0 radical (unpaired) electrons. The number of carbonyl (C=O) groups is 3. The molecule has 0 aromatic heterocycles. The summed E-state index contributed by atoms with van der Waals surface area (Å²) in [5, 5.41) is 9.21. The molecule has 1 N–H and O–H groups in total. The minimum absolute atomic E-state index is 0.0922. The monoisotopic (exact) mass is 518 g/mol. The van der Waals surface area contributed by atoms with Crippen LogP contribution in [0.4, 0.5) is 0 Å². The number of aliphatic hydroxyl groups is 1. The van der Waals surface area contributed by atoms with Crippen molar-refractivity contribution in [3.8, 4) is 0 Å². The molecule has 0 saturated carbocycles. The summed E-state index contributed by atoms with van der Waals surface area (Å²) in [4.78, 5) is 45.2. The highest BCUT2D eigenvalue weighted by molar-refractivity contribution is 5.98. The van der Waals surface area contributed by atoms with E-state index in [0.717, 1.165) is 25.7 Å². The summed E-state index contributed by atoms with van der Waals surface area (Å²) >= 11 is 0. The molecular formula is C29H46N2O6. The molecule has 1 spiro atoms. The molecule has 37 heavy (non-hydrogen) atoms. The largest absolute Gasteiger partial charge is 0.465 e. The Morgan fingerprint density at radius 2 is 1.95 bits per heavy atom. The summed E-state index contributed by atoms with van der Waals surface area (Å²) in [6, 6.07) is -0.775. The number of allylic oxidation sites excluding steroid dienone is 1. The van der Waals surface area contributed by atoms with Gasteiger partial charge in [-0.2, -0.15) is 0 Å². The van der Waals surface area contributed by atoms with Gasteiger partial charge < -0.3 is 24.4 Å². The van der Waals surface area contributed by atoms with Crippen LogP contribution in [-0.4, -0.2) is 82.8 Å². The number of aliphatic hydroxyl groups excluding tert-OH is 1. The van der Waals surface area contributed by atoms with Gasteiger partial charge in [-0.05, 0) is 57.8 Å². The summed E-state index contributed by atoms with van der Waals surface area (Å²) in [6.45, 7) is 13.4. The van der Waals surface area contributed by atoms with E-state index < -0.39 is 35.0 Å². The fourth-order valence-electron chi connectivity index (χ4n) is 6.63. The molecule has 3 aliphatic heterocycles. The smallest absolute Gasteiger partial charge is 0.312 e. The van der Waals surface area contributed by atoms with E-state index in [0.29, 0.717) is 58.2 Å². The first-order chi connectivity index (χ1) is 17.9. The van der Waals surface area contributed by atoms with Crippen LogP contribution < -0.4 is 0 Å². The Morgan fingerprint density at radius 1 is 1.16 bits per heavy atom. The van der Waals surface area contributed by atoms with Gasteiger partial charge in [-0.25, -0.2) is 0 Å². The van der Waals surface area contributed by atoms with Crippen LogP contribution in [0.1, 0.15) is 78.1 Å². The zero-order chi connectivity index (χ0) is 27.1. The lowest BCUT2D eigenvalue weighted by molar-refractivity contribution is -0.162. The van der Waals surface area contributed by atoms with Crippen LogP contribution in [0, 0.1) is 11.8 Å². The van der Waals surface area contributed by atoms with Crippen LogP contribution in [-0.2, 0) is 23.9 Å². The zero-order valence-corrected chi connectivity index (χ0v) is 22.8. The van der Waals surface area contributed by atoms with Crippen molar-refractivity contribution < 1.29 is 29.0 Å². The van der Waals surface area contributed by atoms with Crippen molar-refractivity contribution in [2.45, 2.75) is 95.3 Å². The lowest BCUT2D eigenvalue weighted by atomic mass is 9.65. The molecule has 3 rings (SSSR count). The maximum atomic E-state index is 14.2. The number of esters is 1. The third-order valence-electron chi connectivity index (χ3n) is 8.47. The summed E-state index contributed by atoms with van der Waals surface area (Å²) in [5.41, 5.74) is -1.82. The normalized spacial score (nSPS) is 29.9. The van der Waals surface area contributed by atoms with Crippen LogP contribution in [0.2, 0.25) is 0 Å². The van der Waals surface area contributed by atoms with E-state index in [1.807, 2.05) is 6.92 Å². The molecule has 0 aromatic carbocycles. The third kappa shape index (κ3) is 5.51. The number of likely N-dealkylation sites (tertiary alicyclic amines) is 1. The number of hydrogen-bond donors (Lipinski definition) is 1. The second-order valence-corrected chi connectivity index (χ2v) is 10.7. The molecule has 8 heteroatoms. The number of rotatable bonds is 17. The van der Waals surface area contributed by atoms with E-state index in [1.165, 1.54) is 0 Å². The highest BCUT2D eigenvalue weighted by Gasteiger charge is 2.79. The van der Waals surface area contributed by atoms with Gasteiger partial charge in [0.1, 0.15) is 17.6 Å². The fraction of sp³-hybridized carbons (Fsp3) is 0.759. The molecule has 2 amide bonds. The fourth-order valence-corrected chi connectivity index (χ4v) is 6.63. The number of nitrogens with zero attached hydrogens (tertiary/aromatic N) is 2. The number of hydrogen-bond acceptors (Lipinski definition) is 6. The predicted octanol–water partition coefficient (Wildman–Crippen LogP) is 3.63. The minimum Gasteiger partial charge on any atom is -0.465 e. The van der Waals surface area contributed by atoms with Crippen LogP contribution in [0.5, 0.6) is 0 Å². The van der Waals surface area contributed by atoms with Crippen molar-refractivity contribution in [1.29, 1.82) is 0 Å². The second kappa shape index (κ2) is 13.1. The Hall–Kier alpha value is -2.19. The van der Waals surface area contributed by atoms with Gasteiger partial charge in [0.2, 0.25) is 11.8 Å². The average molecular weight is 519 g/mol. The van der Waals surface area contributed by atoms with Gasteiger partial charge in [-0.3, -0.25) is 14.4 Å². The van der Waals surface area contributed by atoms with Crippen molar-refractivity contribution in [3.63, 3.8) is 0 Å². The van der Waals surface area contributed by atoms with Crippen LogP contribution in [0.25, 0.3) is 0 Å².